The van der Waals surface area contributed by atoms with Crippen LogP contribution in [0.1, 0.15) is 20.8 Å². The van der Waals surface area contributed by atoms with Crippen LogP contribution in [-0.2, 0) is 4.74 Å². The summed E-state index contributed by atoms with van der Waals surface area (Å²) in [5, 5.41) is 2.57. The Morgan fingerprint density at radius 3 is 2.38 bits per heavy atom. The fourth-order valence-electron chi connectivity index (χ4n) is 1.99. The number of carbonyl (C=O) groups excluding carboxylic acids is 1. The maximum atomic E-state index is 11.6. The van der Waals surface area contributed by atoms with Gasteiger partial charge in [-0.2, -0.15) is 0 Å². The van der Waals surface area contributed by atoms with Gasteiger partial charge in [-0.05, 0) is 27.8 Å². The molecule has 116 valence electrons. The van der Waals surface area contributed by atoms with Crippen molar-refractivity contribution in [3.8, 4) is 0 Å². The first-order valence-electron chi connectivity index (χ1n) is 7.09. The van der Waals surface area contributed by atoms with Gasteiger partial charge in [-0.15, -0.1) is 0 Å². The fourth-order valence-corrected chi connectivity index (χ4v) is 1.99. The van der Waals surface area contributed by atoms with Gasteiger partial charge in [0, 0.05) is 26.2 Å². The summed E-state index contributed by atoms with van der Waals surface area (Å²) in [6.07, 6.45) is 2.71. The number of nitrogens with zero attached hydrogens (tertiary/aromatic N) is 4. The molecule has 1 aliphatic heterocycles. The van der Waals surface area contributed by atoms with Crippen molar-refractivity contribution >= 4 is 17.7 Å². The maximum Gasteiger partial charge on any atom is 0.413 e. The van der Waals surface area contributed by atoms with Gasteiger partial charge < -0.3 is 14.5 Å². The molecular formula is C14H23N5O2. The number of piperazine rings is 1. The summed E-state index contributed by atoms with van der Waals surface area (Å²) in [4.78, 5) is 24.7. The third kappa shape index (κ3) is 4.86. The second-order valence-corrected chi connectivity index (χ2v) is 6.18. The zero-order valence-electron chi connectivity index (χ0n) is 13.1. The van der Waals surface area contributed by atoms with Crippen LogP contribution in [0.3, 0.4) is 0 Å². The summed E-state index contributed by atoms with van der Waals surface area (Å²) in [5.41, 5.74) is -0.530. The van der Waals surface area contributed by atoms with Crippen LogP contribution in [-0.4, -0.2) is 59.8 Å². The molecule has 0 bridgehead atoms. The monoisotopic (exact) mass is 293 g/mol. The molecule has 0 unspecified atom stereocenters. The van der Waals surface area contributed by atoms with Crippen molar-refractivity contribution in [2.24, 2.45) is 0 Å². The molecule has 0 spiro atoms. The number of nitrogens with one attached hydrogen (secondary N) is 1. The molecule has 1 aromatic heterocycles. The van der Waals surface area contributed by atoms with Crippen molar-refractivity contribution in [1.29, 1.82) is 0 Å². The van der Waals surface area contributed by atoms with Gasteiger partial charge in [-0.1, -0.05) is 0 Å². The molecule has 1 fully saturated rings. The van der Waals surface area contributed by atoms with Gasteiger partial charge in [0.1, 0.15) is 11.4 Å². The minimum Gasteiger partial charge on any atom is -0.444 e. The van der Waals surface area contributed by atoms with Crippen LogP contribution in [0, 0.1) is 0 Å². The Balaban J connectivity index is 1.91. The highest BCUT2D eigenvalue weighted by molar-refractivity contribution is 5.83. The van der Waals surface area contributed by atoms with E-state index in [0.29, 0.717) is 5.82 Å². The molecule has 2 heterocycles. The lowest BCUT2D eigenvalue weighted by Gasteiger charge is -2.32. The molecule has 1 saturated heterocycles. The third-order valence-electron chi connectivity index (χ3n) is 3.09. The molecule has 1 aliphatic rings. The van der Waals surface area contributed by atoms with Gasteiger partial charge in [0.2, 0.25) is 0 Å². The van der Waals surface area contributed by atoms with Crippen molar-refractivity contribution in [3.05, 3.63) is 12.4 Å². The minimum atomic E-state index is -0.530. The average molecular weight is 293 g/mol. The largest absolute Gasteiger partial charge is 0.444 e. The van der Waals surface area contributed by atoms with Crippen molar-refractivity contribution < 1.29 is 9.53 Å². The number of hydrogen-bond donors (Lipinski definition) is 1. The van der Waals surface area contributed by atoms with Crippen LogP contribution in [0.25, 0.3) is 0 Å². The van der Waals surface area contributed by atoms with Crippen LogP contribution in [0.4, 0.5) is 16.4 Å². The quantitative estimate of drug-likeness (QED) is 0.892. The summed E-state index contributed by atoms with van der Waals surface area (Å²) in [7, 11) is 2.11. The average Bonchev–Trinajstić information content (AvgIpc) is 2.38. The van der Waals surface area contributed by atoms with Crippen molar-refractivity contribution in [2.75, 3.05) is 43.4 Å². The molecule has 0 saturated carbocycles. The van der Waals surface area contributed by atoms with Gasteiger partial charge in [-0.25, -0.2) is 14.8 Å². The van der Waals surface area contributed by atoms with E-state index in [1.54, 1.807) is 12.4 Å². The van der Waals surface area contributed by atoms with Crippen LogP contribution in [0.2, 0.25) is 0 Å². The summed E-state index contributed by atoms with van der Waals surface area (Å²) in [6.45, 7) is 9.34. The number of carbonyl (C=O) groups is 1. The Hall–Kier alpha value is -1.89. The molecular weight excluding hydrogens is 270 g/mol. The second-order valence-electron chi connectivity index (χ2n) is 6.18. The van der Waals surface area contributed by atoms with E-state index in [4.69, 9.17) is 4.74 Å². The molecule has 7 nitrogen and oxygen atoms in total. The van der Waals surface area contributed by atoms with E-state index in [1.807, 2.05) is 20.8 Å². The van der Waals surface area contributed by atoms with E-state index in [0.717, 1.165) is 32.0 Å². The summed E-state index contributed by atoms with van der Waals surface area (Å²) in [5.74, 6) is 1.22. The lowest BCUT2D eigenvalue weighted by atomic mass is 10.2. The first-order valence-corrected chi connectivity index (χ1v) is 7.09. The molecule has 0 radical (unpaired) electrons. The number of rotatable bonds is 2. The minimum absolute atomic E-state index is 0.391. The van der Waals surface area contributed by atoms with E-state index in [2.05, 4.69) is 32.1 Å². The smallest absolute Gasteiger partial charge is 0.413 e. The van der Waals surface area contributed by atoms with Gasteiger partial charge >= 0.3 is 6.09 Å². The molecule has 1 aromatic rings. The van der Waals surface area contributed by atoms with Gasteiger partial charge in [0.25, 0.3) is 0 Å². The lowest BCUT2D eigenvalue weighted by molar-refractivity contribution is 0.0635. The van der Waals surface area contributed by atoms with Crippen LogP contribution < -0.4 is 10.2 Å². The Labute approximate surface area is 125 Å². The third-order valence-corrected chi connectivity index (χ3v) is 3.09. The van der Waals surface area contributed by atoms with Crippen LogP contribution in [0.15, 0.2) is 12.4 Å². The molecule has 21 heavy (non-hydrogen) atoms. The highest BCUT2D eigenvalue weighted by Gasteiger charge is 2.18. The topological polar surface area (TPSA) is 70.6 Å². The van der Waals surface area contributed by atoms with Gasteiger partial charge in [-0.3, -0.25) is 5.32 Å². The maximum absolute atomic E-state index is 11.6. The fraction of sp³-hybridized carbons (Fsp3) is 0.643. The molecule has 0 aromatic carbocycles. The van der Waals surface area contributed by atoms with Gasteiger partial charge in [0.15, 0.2) is 5.82 Å². The number of anilines is 2. The normalized spacial score (nSPS) is 16.7. The highest BCUT2D eigenvalue weighted by Crippen LogP contribution is 2.14. The number of ether oxygens (including phenoxy) is 1. The lowest BCUT2D eigenvalue weighted by Crippen LogP contribution is -2.44. The molecule has 0 aliphatic carbocycles. The van der Waals surface area contributed by atoms with E-state index >= 15 is 0 Å². The number of aromatic nitrogens is 2. The first-order chi connectivity index (χ1) is 9.83. The Morgan fingerprint density at radius 2 is 1.86 bits per heavy atom. The van der Waals surface area contributed by atoms with Crippen molar-refractivity contribution in [1.82, 2.24) is 14.9 Å². The van der Waals surface area contributed by atoms with Gasteiger partial charge in [0.05, 0.1) is 12.4 Å². The Morgan fingerprint density at radius 1 is 1.19 bits per heavy atom. The molecule has 1 amide bonds. The number of hydrogen-bond acceptors (Lipinski definition) is 6. The van der Waals surface area contributed by atoms with Crippen LogP contribution in [0.5, 0.6) is 0 Å². The zero-order chi connectivity index (χ0) is 15.5. The van der Waals surface area contributed by atoms with E-state index in [9.17, 15) is 4.79 Å². The standard InChI is InChI=1S/C14H23N5O2/c1-14(2,3)21-13(20)17-11-9-16-12(10-15-11)19-7-5-18(4)6-8-19/h9-10H,5-8H2,1-4H3,(H,15,17,20). The van der Waals surface area contributed by atoms with E-state index < -0.39 is 11.7 Å². The van der Waals surface area contributed by atoms with E-state index in [-0.39, 0.29) is 0 Å². The van der Waals surface area contributed by atoms with Crippen LogP contribution >= 0.6 is 0 Å². The molecule has 1 N–H and O–H groups in total. The summed E-state index contributed by atoms with van der Waals surface area (Å²) < 4.78 is 5.17. The van der Waals surface area contributed by atoms with Crippen molar-refractivity contribution in [3.63, 3.8) is 0 Å². The zero-order valence-corrected chi connectivity index (χ0v) is 13.1. The highest BCUT2D eigenvalue weighted by atomic mass is 16.6. The summed E-state index contributed by atoms with van der Waals surface area (Å²) >= 11 is 0. The summed E-state index contributed by atoms with van der Waals surface area (Å²) in [6, 6.07) is 0. The first kappa shape index (κ1) is 15.5. The predicted octanol–water partition coefficient (Wildman–Crippen LogP) is 1.58. The number of amides is 1. The second kappa shape index (κ2) is 6.26. The molecule has 2 rings (SSSR count). The number of likely N-dealkylation sites (N-methyl/N-ethyl adjacent to an activating group) is 1. The SMILES string of the molecule is CN1CCN(c2cnc(NC(=O)OC(C)(C)C)cn2)CC1. The van der Waals surface area contributed by atoms with E-state index in [1.165, 1.54) is 0 Å². The Bertz CT molecular complexity index is 475. The van der Waals surface area contributed by atoms with Crippen molar-refractivity contribution in [2.45, 2.75) is 26.4 Å². The Kier molecular flexibility index (Phi) is 4.62. The molecule has 0 atom stereocenters. The predicted molar refractivity (Wildman–Crippen MR) is 81.6 cm³/mol. The molecule has 7 heteroatoms.